The molecule has 0 amide bonds. The van der Waals surface area contributed by atoms with Gasteiger partial charge in [0, 0.05) is 27.8 Å². The van der Waals surface area contributed by atoms with Crippen LogP contribution in [0.3, 0.4) is 0 Å². The van der Waals surface area contributed by atoms with Crippen LogP contribution in [0.2, 0.25) is 0 Å². The zero-order valence-corrected chi connectivity index (χ0v) is 23.6. The first kappa shape index (κ1) is 23.6. The monoisotopic (exact) mass is 538 g/mol. The first-order chi connectivity index (χ1) is 20.7. The van der Waals surface area contributed by atoms with Crippen molar-refractivity contribution in [2.45, 2.75) is 25.3 Å². The topological polar surface area (TPSA) is 8.17 Å². The normalized spacial score (nSPS) is 17.0. The van der Waals surface area contributed by atoms with Gasteiger partial charge in [-0.05, 0) is 108 Å². The first-order valence-electron chi connectivity index (χ1n) is 14.9. The van der Waals surface area contributed by atoms with Crippen LogP contribution in [0.5, 0.6) is 0 Å². The maximum absolute atomic E-state index is 2.59. The van der Waals surface area contributed by atoms with Gasteiger partial charge in [-0.25, -0.2) is 0 Å². The van der Waals surface area contributed by atoms with Crippen LogP contribution in [0.4, 0.5) is 11.4 Å². The van der Waals surface area contributed by atoms with Crippen LogP contribution in [0.15, 0.2) is 140 Å². The summed E-state index contributed by atoms with van der Waals surface area (Å²) in [4.78, 5) is 2.59. The molecule has 0 aliphatic carbocycles. The lowest BCUT2D eigenvalue weighted by molar-refractivity contribution is 0.507. The molecule has 200 valence electrons. The maximum atomic E-state index is 2.59. The van der Waals surface area contributed by atoms with Crippen LogP contribution >= 0.6 is 0 Å². The fourth-order valence-corrected chi connectivity index (χ4v) is 7.62. The fraction of sp³-hybridized carbons (Fsp3) is 0.100. The predicted molar refractivity (Wildman–Crippen MR) is 176 cm³/mol. The average molecular weight is 539 g/mol. The molecule has 2 aliphatic heterocycles. The molecule has 0 fully saturated rings. The Balaban J connectivity index is 1.21. The molecule has 6 aromatic carbocycles. The van der Waals surface area contributed by atoms with Crippen LogP contribution in [-0.4, -0.2) is 10.1 Å². The van der Waals surface area contributed by atoms with Gasteiger partial charge in [0.15, 0.2) is 0 Å². The SMILES string of the molecule is CC12Cc3ccccc3N1c1ccc(-c3ccc4c(c3)c3cc(-c5ccccc5)ccc3n4-c3ccccc3)cc1C2. The Morgan fingerprint density at radius 3 is 1.76 bits per heavy atom. The van der Waals surface area contributed by atoms with Gasteiger partial charge in [-0.2, -0.15) is 0 Å². The number of anilines is 2. The molecule has 0 bridgehead atoms. The highest BCUT2D eigenvalue weighted by Crippen LogP contribution is 2.52. The van der Waals surface area contributed by atoms with Gasteiger partial charge < -0.3 is 9.47 Å². The molecule has 1 atom stereocenters. The van der Waals surface area contributed by atoms with Crippen molar-refractivity contribution >= 4 is 33.2 Å². The minimum atomic E-state index is 0.117. The second-order valence-electron chi connectivity index (χ2n) is 12.2. The number of aromatic nitrogens is 1. The number of hydrogen-bond acceptors (Lipinski definition) is 1. The highest BCUT2D eigenvalue weighted by atomic mass is 15.2. The summed E-state index contributed by atoms with van der Waals surface area (Å²) in [5, 5.41) is 2.56. The Morgan fingerprint density at radius 1 is 0.476 bits per heavy atom. The van der Waals surface area contributed by atoms with Gasteiger partial charge in [0.25, 0.3) is 0 Å². The number of benzene rings is 6. The van der Waals surface area contributed by atoms with E-state index in [-0.39, 0.29) is 5.54 Å². The second kappa shape index (κ2) is 8.71. The van der Waals surface area contributed by atoms with Crippen molar-refractivity contribution in [3.63, 3.8) is 0 Å². The van der Waals surface area contributed by atoms with Crippen molar-refractivity contribution in [1.82, 2.24) is 4.57 Å². The van der Waals surface area contributed by atoms with E-state index in [4.69, 9.17) is 0 Å². The minimum absolute atomic E-state index is 0.117. The Morgan fingerprint density at radius 2 is 1.02 bits per heavy atom. The summed E-state index contributed by atoms with van der Waals surface area (Å²) in [5.41, 5.74) is 14.4. The number of nitrogens with zero attached hydrogens (tertiary/aromatic N) is 2. The molecule has 9 rings (SSSR count). The maximum Gasteiger partial charge on any atom is 0.0541 e. The van der Waals surface area contributed by atoms with Crippen LogP contribution in [0.25, 0.3) is 49.7 Å². The number of rotatable bonds is 3. The Hall–Kier alpha value is -5.08. The van der Waals surface area contributed by atoms with Crippen molar-refractivity contribution in [2.24, 2.45) is 0 Å². The number of para-hydroxylation sites is 2. The van der Waals surface area contributed by atoms with Gasteiger partial charge in [0.2, 0.25) is 0 Å². The molecule has 1 unspecified atom stereocenters. The molecule has 42 heavy (non-hydrogen) atoms. The van der Waals surface area contributed by atoms with Gasteiger partial charge in [0.05, 0.1) is 16.6 Å². The van der Waals surface area contributed by atoms with Gasteiger partial charge in [-0.1, -0.05) is 84.9 Å². The zero-order chi connectivity index (χ0) is 27.8. The summed E-state index contributed by atoms with van der Waals surface area (Å²) >= 11 is 0. The standard InChI is InChI=1S/C40H30N2/c1-40-25-31-12-8-9-15-36(31)42(40)37-19-16-28(22-32(37)26-40)30-18-21-39-35(24-30)34-23-29(27-10-4-2-5-11-27)17-20-38(34)41(39)33-13-6-3-7-14-33/h2-24H,25-26H2,1H3. The molecule has 0 saturated heterocycles. The van der Waals surface area contributed by atoms with Gasteiger partial charge >= 0.3 is 0 Å². The fourth-order valence-electron chi connectivity index (χ4n) is 7.62. The molecule has 0 spiro atoms. The third kappa shape index (κ3) is 3.39. The summed E-state index contributed by atoms with van der Waals surface area (Å²) in [7, 11) is 0. The van der Waals surface area contributed by atoms with E-state index >= 15 is 0 Å². The van der Waals surface area contributed by atoms with E-state index in [1.807, 2.05) is 0 Å². The van der Waals surface area contributed by atoms with Crippen LogP contribution in [-0.2, 0) is 12.8 Å². The zero-order valence-electron chi connectivity index (χ0n) is 23.6. The lowest BCUT2D eigenvalue weighted by Gasteiger charge is -2.30. The van der Waals surface area contributed by atoms with E-state index < -0.39 is 0 Å². The number of fused-ring (bicyclic) bond motifs is 8. The third-order valence-electron chi connectivity index (χ3n) is 9.46. The largest absolute Gasteiger partial charge is 0.334 e. The quantitative estimate of drug-likeness (QED) is 0.217. The van der Waals surface area contributed by atoms with E-state index in [1.165, 1.54) is 72.2 Å². The predicted octanol–water partition coefficient (Wildman–Crippen LogP) is 10.1. The second-order valence-corrected chi connectivity index (χ2v) is 12.2. The molecule has 3 heterocycles. The van der Waals surface area contributed by atoms with Crippen LogP contribution in [0.1, 0.15) is 18.1 Å². The molecule has 2 aliphatic rings. The number of hydrogen-bond donors (Lipinski definition) is 0. The van der Waals surface area contributed by atoms with Crippen molar-refractivity contribution < 1.29 is 0 Å². The average Bonchev–Trinajstić information content (AvgIpc) is 3.63. The van der Waals surface area contributed by atoms with E-state index in [0.717, 1.165) is 12.8 Å². The molecule has 7 aromatic rings. The molecule has 0 N–H and O–H groups in total. The first-order valence-corrected chi connectivity index (χ1v) is 14.9. The summed E-state index contributed by atoms with van der Waals surface area (Å²) in [5.74, 6) is 0. The lowest BCUT2D eigenvalue weighted by Crippen LogP contribution is -2.37. The summed E-state index contributed by atoms with van der Waals surface area (Å²) in [6.45, 7) is 2.42. The van der Waals surface area contributed by atoms with Gasteiger partial charge in [-0.3, -0.25) is 0 Å². The Bertz CT molecular complexity index is 2160. The molecule has 2 nitrogen and oxygen atoms in total. The van der Waals surface area contributed by atoms with Crippen molar-refractivity contribution in [3.05, 3.63) is 151 Å². The van der Waals surface area contributed by atoms with Crippen LogP contribution in [0, 0.1) is 0 Å². The van der Waals surface area contributed by atoms with Crippen molar-refractivity contribution in [2.75, 3.05) is 4.90 Å². The lowest BCUT2D eigenvalue weighted by atomic mass is 9.91. The van der Waals surface area contributed by atoms with Crippen LogP contribution < -0.4 is 4.90 Å². The molecular weight excluding hydrogens is 508 g/mol. The van der Waals surface area contributed by atoms with Gasteiger partial charge in [0.1, 0.15) is 0 Å². The van der Waals surface area contributed by atoms with E-state index in [2.05, 4.69) is 156 Å². The highest BCUT2D eigenvalue weighted by molar-refractivity contribution is 6.11. The highest BCUT2D eigenvalue weighted by Gasteiger charge is 2.46. The summed E-state index contributed by atoms with van der Waals surface area (Å²) in [6.07, 6.45) is 2.17. The molecule has 2 heteroatoms. The Kier molecular flexibility index (Phi) is 4.90. The minimum Gasteiger partial charge on any atom is -0.334 e. The smallest absolute Gasteiger partial charge is 0.0541 e. The van der Waals surface area contributed by atoms with E-state index in [1.54, 1.807) is 0 Å². The molecule has 0 saturated carbocycles. The van der Waals surface area contributed by atoms with Crippen molar-refractivity contribution in [3.8, 4) is 27.9 Å². The van der Waals surface area contributed by atoms with E-state index in [0.29, 0.717) is 0 Å². The summed E-state index contributed by atoms with van der Waals surface area (Å²) in [6, 6.07) is 51.3. The van der Waals surface area contributed by atoms with E-state index in [9.17, 15) is 0 Å². The van der Waals surface area contributed by atoms with Gasteiger partial charge in [-0.15, -0.1) is 0 Å². The Labute approximate surface area is 246 Å². The van der Waals surface area contributed by atoms with Crippen molar-refractivity contribution in [1.29, 1.82) is 0 Å². The third-order valence-corrected chi connectivity index (χ3v) is 9.46. The molecular formula is C40H30N2. The molecule has 0 radical (unpaired) electrons. The summed E-state index contributed by atoms with van der Waals surface area (Å²) < 4.78 is 2.40. The molecule has 1 aromatic heterocycles.